The second-order valence-corrected chi connectivity index (χ2v) is 6.45. The molecule has 3 N–H and O–H groups in total. The number of nitrogens with zero attached hydrogens (tertiary/aromatic N) is 1. The summed E-state index contributed by atoms with van der Waals surface area (Å²) in [5.41, 5.74) is 5.54. The fraction of sp³-hybridized carbons (Fsp3) is 0.500. The van der Waals surface area contributed by atoms with Crippen molar-refractivity contribution in [1.82, 2.24) is 9.71 Å². The van der Waals surface area contributed by atoms with Crippen molar-refractivity contribution in [3.63, 3.8) is 0 Å². The van der Waals surface area contributed by atoms with Gasteiger partial charge in [-0.1, -0.05) is 6.92 Å². The molecule has 1 aromatic rings. The van der Waals surface area contributed by atoms with E-state index in [4.69, 9.17) is 5.73 Å². The molecular formula is C10H17N3O2S2. The number of nitrogen functional groups attached to an aromatic ring is 1. The van der Waals surface area contributed by atoms with Gasteiger partial charge in [0.15, 0.2) is 0 Å². The summed E-state index contributed by atoms with van der Waals surface area (Å²) >= 11 is 1.69. The van der Waals surface area contributed by atoms with Gasteiger partial charge in [0.2, 0.25) is 10.0 Å². The van der Waals surface area contributed by atoms with E-state index in [9.17, 15) is 8.42 Å². The van der Waals surface area contributed by atoms with E-state index in [1.807, 2.05) is 13.2 Å². The first-order valence-electron chi connectivity index (χ1n) is 5.16. The van der Waals surface area contributed by atoms with Gasteiger partial charge in [0.1, 0.15) is 10.7 Å². The largest absolute Gasteiger partial charge is 0.383 e. The van der Waals surface area contributed by atoms with Crippen LogP contribution >= 0.6 is 11.8 Å². The minimum atomic E-state index is -3.55. The summed E-state index contributed by atoms with van der Waals surface area (Å²) in [5, 5.41) is 0. The van der Waals surface area contributed by atoms with Gasteiger partial charge in [-0.3, -0.25) is 0 Å². The quantitative estimate of drug-likeness (QED) is 0.807. The van der Waals surface area contributed by atoms with Crippen molar-refractivity contribution >= 4 is 27.6 Å². The van der Waals surface area contributed by atoms with Crippen molar-refractivity contribution in [2.45, 2.75) is 11.8 Å². The van der Waals surface area contributed by atoms with Gasteiger partial charge in [0.25, 0.3) is 0 Å². The Morgan fingerprint density at radius 2 is 2.29 bits per heavy atom. The van der Waals surface area contributed by atoms with Crippen LogP contribution in [-0.4, -0.2) is 32.0 Å². The van der Waals surface area contributed by atoms with Crippen molar-refractivity contribution < 1.29 is 8.42 Å². The molecule has 1 aromatic heterocycles. The minimum Gasteiger partial charge on any atom is -0.383 e. The fourth-order valence-electron chi connectivity index (χ4n) is 1.30. The maximum atomic E-state index is 11.9. The summed E-state index contributed by atoms with van der Waals surface area (Å²) in [6.07, 6.45) is 3.45. The summed E-state index contributed by atoms with van der Waals surface area (Å²) in [6, 6.07) is 3.00. The van der Waals surface area contributed by atoms with Crippen LogP contribution in [0.5, 0.6) is 0 Å². The number of hydrogen-bond acceptors (Lipinski definition) is 5. The molecule has 0 spiro atoms. The third-order valence-electron chi connectivity index (χ3n) is 2.16. The van der Waals surface area contributed by atoms with Crippen LogP contribution in [0.4, 0.5) is 5.82 Å². The zero-order valence-corrected chi connectivity index (χ0v) is 11.5. The highest BCUT2D eigenvalue weighted by atomic mass is 32.2. The van der Waals surface area contributed by atoms with Crippen LogP contribution in [0.25, 0.3) is 0 Å². The molecule has 96 valence electrons. The molecule has 17 heavy (non-hydrogen) atoms. The summed E-state index contributed by atoms with van der Waals surface area (Å²) in [7, 11) is -3.55. The third kappa shape index (κ3) is 4.18. The lowest BCUT2D eigenvalue weighted by atomic mass is 10.2. The Balaban J connectivity index is 2.73. The molecule has 1 unspecified atom stereocenters. The Kier molecular flexibility index (Phi) is 5.23. The first-order valence-corrected chi connectivity index (χ1v) is 8.04. The van der Waals surface area contributed by atoms with Gasteiger partial charge in [-0.25, -0.2) is 18.1 Å². The lowest BCUT2D eigenvalue weighted by molar-refractivity contribution is 0.563. The van der Waals surface area contributed by atoms with Crippen LogP contribution in [-0.2, 0) is 10.0 Å². The molecule has 0 saturated carbocycles. The lowest BCUT2D eigenvalue weighted by Gasteiger charge is -2.12. The number of hydrogen-bond donors (Lipinski definition) is 2. The van der Waals surface area contributed by atoms with E-state index < -0.39 is 10.0 Å². The van der Waals surface area contributed by atoms with E-state index in [2.05, 4.69) is 9.71 Å². The molecule has 0 aliphatic heterocycles. The van der Waals surface area contributed by atoms with Gasteiger partial charge in [-0.15, -0.1) is 0 Å². The number of nitrogens with two attached hydrogens (primary N) is 1. The number of sulfonamides is 1. The molecule has 0 saturated heterocycles. The SMILES string of the molecule is CSCC(C)CNS(=O)(=O)c1cccnc1N. The fourth-order valence-corrected chi connectivity index (χ4v) is 3.24. The number of anilines is 1. The van der Waals surface area contributed by atoms with Crippen molar-refractivity contribution in [3.8, 4) is 0 Å². The molecule has 0 fully saturated rings. The van der Waals surface area contributed by atoms with Gasteiger partial charge in [0.05, 0.1) is 0 Å². The Morgan fingerprint density at radius 1 is 1.59 bits per heavy atom. The summed E-state index contributed by atoms with van der Waals surface area (Å²) in [5.74, 6) is 1.21. The molecule has 0 amide bonds. The van der Waals surface area contributed by atoms with Crippen molar-refractivity contribution in [1.29, 1.82) is 0 Å². The predicted molar refractivity (Wildman–Crippen MR) is 71.4 cm³/mol. The minimum absolute atomic E-state index is 0.0255. The molecule has 0 radical (unpaired) electrons. The molecule has 0 aromatic carbocycles. The van der Waals surface area contributed by atoms with Crippen LogP contribution in [0.2, 0.25) is 0 Å². The van der Waals surface area contributed by atoms with E-state index in [1.165, 1.54) is 12.3 Å². The van der Waals surface area contributed by atoms with Gasteiger partial charge in [0, 0.05) is 12.7 Å². The monoisotopic (exact) mass is 275 g/mol. The molecule has 7 heteroatoms. The number of pyridine rings is 1. The number of aromatic nitrogens is 1. The van der Waals surface area contributed by atoms with Crippen molar-refractivity contribution in [2.24, 2.45) is 5.92 Å². The molecular weight excluding hydrogens is 258 g/mol. The molecule has 1 rings (SSSR count). The van der Waals surface area contributed by atoms with E-state index in [1.54, 1.807) is 17.8 Å². The first-order chi connectivity index (χ1) is 7.97. The normalized spacial score (nSPS) is 13.5. The van der Waals surface area contributed by atoms with Crippen LogP contribution < -0.4 is 10.5 Å². The molecule has 1 atom stereocenters. The van der Waals surface area contributed by atoms with Crippen LogP contribution in [0.1, 0.15) is 6.92 Å². The number of nitrogens with one attached hydrogen (secondary N) is 1. The van der Waals surface area contributed by atoms with Crippen LogP contribution in [0.15, 0.2) is 23.2 Å². The van der Waals surface area contributed by atoms with Gasteiger partial charge in [-0.2, -0.15) is 11.8 Å². The maximum absolute atomic E-state index is 11.9. The Labute approximate surface area is 106 Å². The molecule has 1 heterocycles. The zero-order valence-electron chi connectivity index (χ0n) is 9.88. The van der Waals surface area contributed by atoms with E-state index in [-0.39, 0.29) is 16.6 Å². The van der Waals surface area contributed by atoms with Crippen LogP contribution in [0.3, 0.4) is 0 Å². The lowest BCUT2D eigenvalue weighted by Crippen LogP contribution is -2.30. The molecule has 0 aliphatic rings. The topological polar surface area (TPSA) is 85.1 Å². The van der Waals surface area contributed by atoms with E-state index >= 15 is 0 Å². The number of thioether (sulfide) groups is 1. The summed E-state index contributed by atoms with van der Waals surface area (Å²) in [4.78, 5) is 3.80. The van der Waals surface area contributed by atoms with Gasteiger partial charge < -0.3 is 5.73 Å². The average molecular weight is 275 g/mol. The maximum Gasteiger partial charge on any atom is 0.244 e. The van der Waals surface area contributed by atoms with E-state index in [0.29, 0.717) is 6.54 Å². The van der Waals surface area contributed by atoms with Crippen molar-refractivity contribution in [2.75, 3.05) is 24.3 Å². The molecule has 5 nitrogen and oxygen atoms in total. The highest BCUT2D eigenvalue weighted by Crippen LogP contribution is 2.14. The van der Waals surface area contributed by atoms with Gasteiger partial charge >= 0.3 is 0 Å². The van der Waals surface area contributed by atoms with Crippen LogP contribution in [0, 0.1) is 5.92 Å². The predicted octanol–water partition coefficient (Wildman–Crippen LogP) is 0.941. The Hall–Kier alpha value is -0.790. The molecule has 0 aliphatic carbocycles. The van der Waals surface area contributed by atoms with E-state index in [0.717, 1.165) is 5.75 Å². The number of rotatable bonds is 6. The standard InChI is InChI=1S/C10H17N3O2S2/c1-8(7-16-2)6-13-17(14,15)9-4-3-5-12-10(9)11/h3-5,8,13H,6-7H2,1-2H3,(H2,11,12). The summed E-state index contributed by atoms with van der Waals surface area (Å²) in [6.45, 7) is 2.39. The average Bonchev–Trinajstić information content (AvgIpc) is 2.27. The van der Waals surface area contributed by atoms with Crippen molar-refractivity contribution in [3.05, 3.63) is 18.3 Å². The highest BCUT2D eigenvalue weighted by molar-refractivity contribution is 7.98. The third-order valence-corrected chi connectivity index (χ3v) is 4.54. The smallest absolute Gasteiger partial charge is 0.244 e. The second kappa shape index (κ2) is 6.23. The Morgan fingerprint density at radius 3 is 2.88 bits per heavy atom. The first kappa shape index (κ1) is 14.3. The second-order valence-electron chi connectivity index (χ2n) is 3.80. The Bertz CT molecular complexity index is 462. The zero-order chi connectivity index (χ0) is 12.9. The molecule has 0 bridgehead atoms. The van der Waals surface area contributed by atoms with Gasteiger partial charge in [-0.05, 0) is 30.1 Å². The summed E-state index contributed by atoms with van der Waals surface area (Å²) < 4.78 is 26.4. The highest BCUT2D eigenvalue weighted by Gasteiger charge is 2.18.